The Morgan fingerprint density at radius 2 is 1.49 bits per heavy atom. The first-order valence-electron chi connectivity index (χ1n) is 15.4. The van der Waals surface area contributed by atoms with Crippen molar-refractivity contribution < 1.29 is 14.3 Å². The van der Waals surface area contributed by atoms with Gasteiger partial charge in [0.15, 0.2) is 5.78 Å². The van der Waals surface area contributed by atoms with Gasteiger partial charge in [0.05, 0.1) is 18.0 Å². The van der Waals surface area contributed by atoms with E-state index in [1.165, 1.54) is 76.8 Å². The molecule has 0 unspecified atom stereocenters. The lowest BCUT2D eigenvalue weighted by Crippen LogP contribution is -2.20. The van der Waals surface area contributed by atoms with Crippen LogP contribution in [-0.2, 0) is 6.54 Å². The Balaban J connectivity index is 1.37. The number of unbranched alkanes of at least 4 members (excludes halogenated alkanes) is 11. The maximum atomic E-state index is 12.7. The highest BCUT2D eigenvalue weighted by Crippen LogP contribution is 2.26. The zero-order valence-corrected chi connectivity index (χ0v) is 26.1. The van der Waals surface area contributed by atoms with Gasteiger partial charge >= 0.3 is 6.03 Å². The Hall–Kier alpha value is -2.93. The lowest BCUT2D eigenvalue weighted by molar-refractivity contribution is 0.101. The summed E-state index contributed by atoms with van der Waals surface area (Å²) in [5, 5.41) is 7.92. The summed E-state index contributed by atoms with van der Waals surface area (Å²) in [6.07, 6.45) is 15.5. The lowest BCUT2D eigenvalue weighted by atomic mass is 10.1. The van der Waals surface area contributed by atoms with Gasteiger partial charge in [-0.15, -0.1) is 11.8 Å². The molecule has 6 nitrogen and oxygen atoms in total. The number of rotatable bonds is 19. The molecular formula is C34H49N3O3S. The van der Waals surface area contributed by atoms with Gasteiger partial charge in [-0.05, 0) is 61.6 Å². The Morgan fingerprint density at radius 1 is 0.854 bits per heavy atom. The molecule has 41 heavy (non-hydrogen) atoms. The average molecular weight is 580 g/mol. The molecule has 2 aromatic carbocycles. The van der Waals surface area contributed by atoms with Crippen LogP contribution in [0.1, 0.15) is 114 Å². The van der Waals surface area contributed by atoms with Crippen molar-refractivity contribution in [1.82, 2.24) is 4.90 Å². The average Bonchev–Trinajstić information content (AvgIpc) is 3.35. The number of allylic oxidation sites excluding steroid dienone is 1. The van der Waals surface area contributed by atoms with Crippen LogP contribution in [0.2, 0.25) is 0 Å². The van der Waals surface area contributed by atoms with E-state index in [9.17, 15) is 9.59 Å². The monoisotopic (exact) mass is 579 g/mol. The summed E-state index contributed by atoms with van der Waals surface area (Å²) >= 11 is 1.79. The minimum absolute atomic E-state index is 0.0872. The molecule has 224 valence electrons. The fraction of sp³-hybridized carbons (Fsp3) is 0.529. The highest BCUT2D eigenvalue weighted by molar-refractivity contribution is 8.02. The number of nitrogens with one attached hydrogen (secondary N) is 2. The molecule has 2 aromatic rings. The van der Waals surface area contributed by atoms with E-state index >= 15 is 0 Å². The van der Waals surface area contributed by atoms with E-state index in [0.717, 1.165) is 36.5 Å². The molecule has 2 amide bonds. The topological polar surface area (TPSA) is 70.7 Å². The number of carbonyl (C=O) groups is 2. The van der Waals surface area contributed by atoms with Crippen molar-refractivity contribution in [2.24, 2.45) is 0 Å². The van der Waals surface area contributed by atoms with Crippen LogP contribution in [-0.4, -0.2) is 29.2 Å². The van der Waals surface area contributed by atoms with Crippen molar-refractivity contribution in [3.05, 3.63) is 64.7 Å². The smallest absolute Gasteiger partial charge is 0.323 e. The Bertz CT molecular complexity index is 1130. The summed E-state index contributed by atoms with van der Waals surface area (Å²) in [5.41, 5.74) is 4.15. The quantitative estimate of drug-likeness (QED) is 0.128. The number of Topliss-reactive ketones (excluding diaryl/α,β-unsaturated/α-hetero) is 1. The van der Waals surface area contributed by atoms with Crippen molar-refractivity contribution in [1.29, 1.82) is 0 Å². The first kappa shape index (κ1) is 32.6. The highest BCUT2D eigenvalue weighted by Gasteiger charge is 2.14. The third-order valence-electron chi connectivity index (χ3n) is 7.41. The summed E-state index contributed by atoms with van der Waals surface area (Å²) in [5.74, 6) is 1.43. The van der Waals surface area contributed by atoms with Gasteiger partial charge in [-0.25, -0.2) is 4.79 Å². The summed E-state index contributed by atoms with van der Waals surface area (Å²) in [4.78, 5) is 27.3. The van der Waals surface area contributed by atoms with Crippen molar-refractivity contribution in [3.63, 3.8) is 0 Å². The number of anilines is 2. The van der Waals surface area contributed by atoms with Crippen LogP contribution < -0.4 is 15.4 Å². The molecule has 1 heterocycles. The van der Waals surface area contributed by atoms with Gasteiger partial charge in [-0.3, -0.25) is 4.79 Å². The fourth-order valence-corrected chi connectivity index (χ4v) is 5.93. The third kappa shape index (κ3) is 12.2. The fourth-order valence-electron chi connectivity index (χ4n) is 4.99. The van der Waals surface area contributed by atoms with E-state index in [1.807, 2.05) is 18.2 Å². The number of thioether (sulfide) groups is 1. The molecule has 0 spiro atoms. The van der Waals surface area contributed by atoms with Crippen molar-refractivity contribution in [2.75, 3.05) is 23.1 Å². The minimum atomic E-state index is -0.352. The molecule has 0 atom stereocenters. The standard InChI is InChI=1S/C34H49N3O3S/c1-4-5-6-7-8-9-10-11-12-13-14-15-21-40-33-20-19-31(23-32(33)28(3)38)36-34(39)35-30-18-16-17-29(22-30)24-37-26-41-25-27(37)2/h16-20,22-23,25H,4-15,21,24,26H2,1-3H3,(H2,35,36,39). The summed E-state index contributed by atoms with van der Waals surface area (Å²) in [7, 11) is 0. The van der Waals surface area contributed by atoms with E-state index in [0.29, 0.717) is 23.6 Å². The SMILES string of the molecule is CCCCCCCCCCCCCCOc1ccc(NC(=O)Nc2cccc(CN3CSC=C3C)c2)cc1C(C)=O. The van der Waals surface area contributed by atoms with E-state index < -0.39 is 0 Å². The van der Waals surface area contributed by atoms with Crippen LogP contribution >= 0.6 is 11.8 Å². The van der Waals surface area contributed by atoms with E-state index in [-0.39, 0.29) is 11.8 Å². The molecule has 1 aliphatic heterocycles. The second kappa shape index (κ2) is 18.5. The second-order valence-electron chi connectivity index (χ2n) is 11.0. The minimum Gasteiger partial charge on any atom is -0.493 e. The maximum absolute atomic E-state index is 12.7. The Kier molecular flexibility index (Phi) is 14.7. The van der Waals surface area contributed by atoms with Crippen molar-refractivity contribution >= 4 is 35.0 Å². The normalized spacial score (nSPS) is 12.8. The van der Waals surface area contributed by atoms with Gasteiger partial charge < -0.3 is 20.3 Å². The number of urea groups is 1. The van der Waals surface area contributed by atoms with Crippen LogP contribution in [0, 0.1) is 0 Å². The molecule has 0 aromatic heterocycles. The highest BCUT2D eigenvalue weighted by atomic mass is 32.2. The van der Waals surface area contributed by atoms with Gasteiger partial charge in [-0.1, -0.05) is 89.7 Å². The number of hydrogen-bond acceptors (Lipinski definition) is 5. The van der Waals surface area contributed by atoms with E-state index in [1.54, 1.807) is 30.0 Å². The largest absolute Gasteiger partial charge is 0.493 e. The zero-order valence-electron chi connectivity index (χ0n) is 25.3. The molecule has 0 bridgehead atoms. The van der Waals surface area contributed by atoms with Crippen molar-refractivity contribution in [2.45, 2.75) is 104 Å². The Morgan fingerprint density at radius 3 is 2.10 bits per heavy atom. The second-order valence-corrected chi connectivity index (χ2v) is 11.9. The van der Waals surface area contributed by atoms with Crippen LogP contribution in [0.3, 0.4) is 0 Å². The molecule has 3 rings (SSSR count). The van der Waals surface area contributed by atoms with Gasteiger partial charge in [0, 0.05) is 23.6 Å². The predicted octanol–water partition coefficient (Wildman–Crippen LogP) is 9.98. The molecule has 0 radical (unpaired) electrons. The molecule has 0 saturated carbocycles. The number of ether oxygens (including phenoxy) is 1. The van der Waals surface area contributed by atoms with E-state index in [4.69, 9.17) is 4.74 Å². The van der Waals surface area contributed by atoms with Crippen molar-refractivity contribution in [3.8, 4) is 5.75 Å². The number of nitrogens with zero attached hydrogens (tertiary/aromatic N) is 1. The van der Waals surface area contributed by atoms with Gasteiger partial charge in [0.2, 0.25) is 0 Å². The molecule has 0 saturated heterocycles. The number of amides is 2. The molecule has 7 heteroatoms. The van der Waals surface area contributed by atoms with Crippen LogP contribution in [0.15, 0.2) is 53.6 Å². The van der Waals surface area contributed by atoms with Gasteiger partial charge in [0.25, 0.3) is 0 Å². The molecule has 0 aliphatic carbocycles. The molecular weight excluding hydrogens is 530 g/mol. The number of hydrogen-bond donors (Lipinski definition) is 2. The van der Waals surface area contributed by atoms with Crippen LogP contribution in [0.25, 0.3) is 0 Å². The maximum Gasteiger partial charge on any atom is 0.323 e. The van der Waals surface area contributed by atoms with E-state index in [2.05, 4.69) is 40.9 Å². The number of ketones is 1. The number of benzene rings is 2. The first-order chi connectivity index (χ1) is 20.0. The molecule has 1 aliphatic rings. The Labute approximate surface area is 251 Å². The van der Waals surface area contributed by atoms with Gasteiger partial charge in [0.1, 0.15) is 5.75 Å². The lowest BCUT2D eigenvalue weighted by Gasteiger charge is -2.19. The summed E-state index contributed by atoms with van der Waals surface area (Å²) in [6, 6.07) is 12.8. The zero-order chi connectivity index (χ0) is 29.3. The predicted molar refractivity (Wildman–Crippen MR) is 174 cm³/mol. The van der Waals surface area contributed by atoms with Crippen LogP contribution in [0.5, 0.6) is 5.75 Å². The van der Waals surface area contributed by atoms with Crippen LogP contribution in [0.4, 0.5) is 16.2 Å². The first-order valence-corrected chi connectivity index (χ1v) is 16.5. The molecule has 0 fully saturated rings. The summed E-state index contributed by atoms with van der Waals surface area (Å²) in [6.45, 7) is 7.29. The number of carbonyl (C=O) groups excluding carboxylic acids is 2. The third-order valence-corrected chi connectivity index (χ3v) is 8.38. The van der Waals surface area contributed by atoms with Gasteiger partial charge in [-0.2, -0.15) is 0 Å². The molecule has 2 N–H and O–H groups in total. The summed E-state index contributed by atoms with van der Waals surface area (Å²) < 4.78 is 5.96.